The van der Waals surface area contributed by atoms with Gasteiger partial charge in [-0.2, -0.15) is 10.2 Å². The molecule has 1 aromatic heterocycles. The average molecular weight is 376 g/mol. The Hall–Kier alpha value is -2.73. The van der Waals surface area contributed by atoms with Gasteiger partial charge >= 0.3 is 0 Å². The molecule has 0 radical (unpaired) electrons. The van der Waals surface area contributed by atoms with E-state index in [-0.39, 0.29) is 28.9 Å². The molecule has 138 valence electrons. The first kappa shape index (κ1) is 19.6. The summed E-state index contributed by atoms with van der Waals surface area (Å²) in [4.78, 5) is 15.7. The molecule has 8 nitrogen and oxygen atoms in total. The number of aromatic nitrogens is 2. The molecular formula is C17H20N4O4S. The van der Waals surface area contributed by atoms with Crippen molar-refractivity contribution in [3.05, 3.63) is 30.1 Å². The fraction of sp³-hybridized carbons (Fsp3) is 0.412. The highest BCUT2D eigenvalue weighted by Gasteiger charge is 2.28. The van der Waals surface area contributed by atoms with E-state index in [0.29, 0.717) is 17.8 Å². The Bertz CT molecular complexity index is 924. The minimum atomic E-state index is -3.43. The molecule has 0 aliphatic heterocycles. The van der Waals surface area contributed by atoms with Crippen LogP contribution in [0.15, 0.2) is 33.7 Å². The Labute approximate surface area is 152 Å². The summed E-state index contributed by atoms with van der Waals surface area (Å²) in [7, 11) is -3.43. The van der Waals surface area contributed by atoms with E-state index in [1.807, 2.05) is 6.07 Å². The molecule has 0 saturated heterocycles. The average Bonchev–Trinajstić information content (AvgIpc) is 3.05. The first-order valence-electron chi connectivity index (χ1n) is 7.99. The van der Waals surface area contributed by atoms with Crippen molar-refractivity contribution in [3.63, 3.8) is 0 Å². The SMILES string of the molecule is CC(=O)NC(C)(C)c1noc(-c2ccc(S(=O)(=O)CCCC#N)cc2)n1. The molecule has 0 unspecified atom stereocenters. The quantitative estimate of drug-likeness (QED) is 0.734. The summed E-state index contributed by atoms with van der Waals surface area (Å²) in [5, 5.41) is 15.1. The van der Waals surface area contributed by atoms with Gasteiger partial charge in [-0.3, -0.25) is 4.79 Å². The van der Waals surface area contributed by atoms with Gasteiger partial charge < -0.3 is 9.84 Å². The molecule has 1 N–H and O–H groups in total. The van der Waals surface area contributed by atoms with Crippen molar-refractivity contribution < 1.29 is 17.7 Å². The summed E-state index contributed by atoms with van der Waals surface area (Å²) in [6, 6.07) is 8.04. The van der Waals surface area contributed by atoms with Gasteiger partial charge in [0.2, 0.25) is 5.91 Å². The molecule has 26 heavy (non-hydrogen) atoms. The van der Waals surface area contributed by atoms with Crippen molar-refractivity contribution in [3.8, 4) is 17.5 Å². The van der Waals surface area contributed by atoms with Crippen LogP contribution < -0.4 is 5.32 Å². The summed E-state index contributed by atoms with van der Waals surface area (Å²) in [5.74, 6) is 0.255. The third-order valence-corrected chi connectivity index (χ3v) is 5.45. The van der Waals surface area contributed by atoms with Crippen molar-refractivity contribution in [2.75, 3.05) is 5.75 Å². The minimum Gasteiger partial charge on any atom is -0.344 e. The number of rotatable bonds is 7. The maximum atomic E-state index is 12.2. The van der Waals surface area contributed by atoms with E-state index in [0.717, 1.165) is 0 Å². The molecule has 1 amide bonds. The number of sulfone groups is 1. The Balaban J connectivity index is 2.19. The van der Waals surface area contributed by atoms with E-state index in [1.165, 1.54) is 19.1 Å². The lowest BCUT2D eigenvalue weighted by Crippen LogP contribution is -2.40. The Morgan fingerprint density at radius 3 is 2.54 bits per heavy atom. The first-order chi connectivity index (χ1) is 12.2. The zero-order chi connectivity index (χ0) is 19.4. The van der Waals surface area contributed by atoms with Crippen LogP contribution in [-0.2, 0) is 20.2 Å². The van der Waals surface area contributed by atoms with E-state index in [1.54, 1.807) is 26.0 Å². The number of carbonyl (C=O) groups is 1. The predicted octanol–water partition coefficient (Wildman–Crippen LogP) is 2.19. The summed E-state index contributed by atoms with van der Waals surface area (Å²) >= 11 is 0. The van der Waals surface area contributed by atoms with Crippen LogP contribution in [0.5, 0.6) is 0 Å². The van der Waals surface area contributed by atoms with Crippen LogP contribution in [0, 0.1) is 11.3 Å². The maximum absolute atomic E-state index is 12.2. The van der Waals surface area contributed by atoms with E-state index in [9.17, 15) is 13.2 Å². The molecule has 2 aromatic rings. The lowest BCUT2D eigenvalue weighted by Gasteiger charge is -2.20. The summed E-state index contributed by atoms with van der Waals surface area (Å²) in [6.45, 7) is 4.90. The van der Waals surface area contributed by atoms with Gasteiger partial charge in [-0.15, -0.1) is 0 Å². The fourth-order valence-corrected chi connectivity index (χ4v) is 3.67. The number of nitriles is 1. The molecule has 0 saturated carbocycles. The molecule has 0 atom stereocenters. The van der Waals surface area contributed by atoms with Gasteiger partial charge in [0.1, 0.15) is 0 Å². The second-order valence-corrected chi connectivity index (χ2v) is 8.44. The molecule has 1 heterocycles. The largest absolute Gasteiger partial charge is 0.344 e. The lowest BCUT2D eigenvalue weighted by atomic mass is 10.1. The Kier molecular flexibility index (Phi) is 5.77. The predicted molar refractivity (Wildman–Crippen MR) is 93.5 cm³/mol. The van der Waals surface area contributed by atoms with Crippen LogP contribution in [-0.4, -0.2) is 30.2 Å². The molecule has 0 aliphatic rings. The number of unbranched alkanes of at least 4 members (excludes halogenated alkanes) is 1. The maximum Gasteiger partial charge on any atom is 0.258 e. The van der Waals surface area contributed by atoms with E-state index >= 15 is 0 Å². The highest BCUT2D eigenvalue weighted by molar-refractivity contribution is 7.91. The third kappa shape index (κ3) is 4.67. The highest BCUT2D eigenvalue weighted by Crippen LogP contribution is 2.24. The minimum absolute atomic E-state index is 0.0739. The topological polar surface area (TPSA) is 126 Å². The van der Waals surface area contributed by atoms with Gasteiger partial charge in [0.25, 0.3) is 5.89 Å². The number of nitrogens with one attached hydrogen (secondary N) is 1. The standard InChI is InChI=1S/C17H20N4O4S/c1-12(22)20-17(2,3)16-19-15(25-21-16)13-6-8-14(9-7-13)26(23,24)11-5-4-10-18/h6-9H,4-5,11H2,1-3H3,(H,20,22). The van der Waals surface area contributed by atoms with Gasteiger partial charge in [-0.05, 0) is 44.5 Å². The highest BCUT2D eigenvalue weighted by atomic mass is 32.2. The molecule has 9 heteroatoms. The van der Waals surface area contributed by atoms with Crippen molar-refractivity contribution in [1.29, 1.82) is 5.26 Å². The van der Waals surface area contributed by atoms with Crippen molar-refractivity contribution in [1.82, 2.24) is 15.5 Å². The lowest BCUT2D eigenvalue weighted by molar-refractivity contribution is -0.120. The van der Waals surface area contributed by atoms with Crippen LogP contribution in [0.2, 0.25) is 0 Å². The van der Waals surface area contributed by atoms with Gasteiger partial charge in [-0.25, -0.2) is 8.42 Å². The molecular weight excluding hydrogens is 356 g/mol. The van der Waals surface area contributed by atoms with Crippen LogP contribution >= 0.6 is 0 Å². The number of hydrogen-bond donors (Lipinski definition) is 1. The summed E-state index contributed by atoms with van der Waals surface area (Å²) in [5.41, 5.74) is -0.226. The van der Waals surface area contributed by atoms with Crippen molar-refractivity contribution in [2.24, 2.45) is 0 Å². The molecule has 0 spiro atoms. The Morgan fingerprint density at radius 1 is 1.31 bits per heavy atom. The number of hydrogen-bond acceptors (Lipinski definition) is 7. The molecule has 1 aromatic carbocycles. The number of carbonyl (C=O) groups excluding carboxylic acids is 1. The smallest absolute Gasteiger partial charge is 0.258 e. The van der Waals surface area contributed by atoms with E-state index in [4.69, 9.17) is 9.78 Å². The first-order valence-corrected chi connectivity index (χ1v) is 9.64. The van der Waals surface area contributed by atoms with Crippen LogP contribution in [0.1, 0.15) is 39.4 Å². The fourth-order valence-electron chi connectivity index (χ4n) is 2.35. The second kappa shape index (κ2) is 7.66. The van der Waals surface area contributed by atoms with Crippen LogP contribution in [0.4, 0.5) is 0 Å². The normalized spacial score (nSPS) is 11.8. The Morgan fingerprint density at radius 2 is 1.96 bits per heavy atom. The number of amides is 1. The molecule has 0 fully saturated rings. The van der Waals surface area contributed by atoms with Gasteiger partial charge in [0, 0.05) is 18.9 Å². The monoisotopic (exact) mass is 376 g/mol. The summed E-state index contributed by atoms with van der Waals surface area (Å²) < 4.78 is 29.6. The zero-order valence-corrected chi connectivity index (χ0v) is 15.6. The third-order valence-electron chi connectivity index (χ3n) is 3.64. The molecule has 2 rings (SSSR count). The second-order valence-electron chi connectivity index (χ2n) is 6.33. The van der Waals surface area contributed by atoms with E-state index in [2.05, 4.69) is 15.5 Å². The molecule has 0 bridgehead atoms. The summed E-state index contributed by atoms with van der Waals surface area (Å²) in [6.07, 6.45) is 0.498. The van der Waals surface area contributed by atoms with Gasteiger partial charge in [0.15, 0.2) is 15.7 Å². The van der Waals surface area contributed by atoms with Gasteiger partial charge in [0.05, 0.1) is 22.3 Å². The number of nitrogens with zero attached hydrogens (tertiary/aromatic N) is 3. The zero-order valence-electron chi connectivity index (χ0n) is 14.8. The van der Waals surface area contributed by atoms with Crippen molar-refractivity contribution in [2.45, 2.75) is 44.0 Å². The van der Waals surface area contributed by atoms with Crippen LogP contribution in [0.25, 0.3) is 11.5 Å². The number of benzene rings is 1. The van der Waals surface area contributed by atoms with E-state index < -0.39 is 15.4 Å². The van der Waals surface area contributed by atoms with Gasteiger partial charge in [-0.1, -0.05) is 5.16 Å². The molecule has 0 aliphatic carbocycles. The van der Waals surface area contributed by atoms with Crippen molar-refractivity contribution >= 4 is 15.7 Å². The van der Waals surface area contributed by atoms with Crippen LogP contribution in [0.3, 0.4) is 0 Å².